The molecule has 0 unspecified atom stereocenters. The van der Waals surface area contributed by atoms with E-state index in [4.69, 9.17) is 5.14 Å². The molecule has 9 heteroatoms. The minimum Gasteiger partial charge on any atom is -0.266 e. The van der Waals surface area contributed by atoms with Gasteiger partial charge in [0.15, 0.2) is 0 Å². The van der Waals surface area contributed by atoms with Crippen LogP contribution in [0, 0.1) is 0 Å². The fourth-order valence-electron chi connectivity index (χ4n) is 2.60. The van der Waals surface area contributed by atoms with Crippen molar-refractivity contribution in [1.82, 2.24) is 14.8 Å². The van der Waals surface area contributed by atoms with Crippen LogP contribution in [-0.4, -0.2) is 23.2 Å². The molecule has 3 aromatic rings. The Labute approximate surface area is 143 Å². The summed E-state index contributed by atoms with van der Waals surface area (Å²) in [4.78, 5) is 3.83. The molecule has 0 atom stereocenters. The number of hydrogen-bond acceptors (Lipinski definition) is 4. The van der Waals surface area contributed by atoms with Gasteiger partial charge in [-0.3, -0.25) is 9.67 Å². The largest absolute Gasteiger partial charge is 0.280 e. The van der Waals surface area contributed by atoms with Gasteiger partial charge in [-0.05, 0) is 29.8 Å². The molecule has 0 saturated carbocycles. The van der Waals surface area contributed by atoms with E-state index >= 15 is 0 Å². The second-order valence-electron chi connectivity index (χ2n) is 5.34. The summed E-state index contributed by atoms with van der Waals surface area (Å²) in [5.74, 6) is 0. The second-order valence-corrected chi connectivity index (χ2v) is 6.90. The number of rotatable bonds is 4. The molecule has 2 aromatic heterocycles. The maximum absolute atomic E-state index is 13.6. The van der Waals surface area contributed by atoms with E-state index in [1.54, 1.807) is 12.1 Å². The average Bonchev–Trinajstić information content (AvgIpc) is 2.92. The Morgan fingerprint density at radius 1 is 1.04 bits per heavy atom. The summed E-state index contributed by atoms with van der Waals surface area (Å²) in [5.41, 5.74) is 1.43. The lowest BCUT2D eigenvalue weighted by Gasteiger charge is -2.07. The Morgan fingerprint density at radius 2 is 1.64 bits per heavy atom. The van der Waals surface area contributed by atoms with E-state index in [0.717, 1.165) is 4.68 Å². The third-order valence-electron chi connectivity index (χ3n) is 3.72. The summed E-state index contributed by atoms with van der Waals surface area (Å²) in [6.07, 6.45) is 0.287. The van der Waals surface area contributed by atoms with Crippen LogP contribution >= 0.6 is 0 Å². The molecule has 0 amide bonds. The van der Waals surface area contributed by atoms with Gasteiger partial charge in [-0.2, -0.15) is 5.10 Å². The zero-order chi connectivity index (χ0) is 18.2. The van der Waals surface area contributed by atoms with Crippen LogP contribution in [0.5, 0.6) is 0 Å². The van der Waals surface area contributed by atoms with Gasteiger partial charge >= 0.3 is 0 Å². The van der Waals surface area contributed by atoms with Crippen molar-refractivity contribution >= 4 is 10.0 Å². The predicted molar refractivity (Wildman–Crippen MR) is 88.2 cm³/mol. The van der Waals surface area contributed by atoms with Crippen molar-refractivity contribution in [2.24, 2.45) is 12.2 Å². The zero-order valence-electron chi connectivity index (χ0n) is 13.1. The van der Waals surface area contributed by atoms with Gasteiger partial charge in [-0.1, -0.05) is 12.1 Å². The van der Waals surface area contributed by atoms with Crippen LogP contribution < -0.4 is 5.14 Å². The Bertz CT molecular complexity index is 1000. The number of pyridine rings is 1. The Morgan fingerprint density at radius 3 is 2.16 bits per heavy atom. The molecule has 3 rings (SSSR count). The molecule has 1 aromatic carbocycles. The molecule has 0 saturated heterocycles. The molecule has 2 heterocycles. The van der Waals surface area contributed by atoms with Crippen LogP contribution in [0.3, 0.4) is 0 Å². The van der Waals surface area contributed by atoms with Gasteiger partial charge in [0.1, 0.15) is 11.4 Å². The number of alkyl halides is 2. The topological polar surface area (TPSA) is 90.9 Å². The van der Waals surface area contributed by atoms with Crippen LogP contribution in [-0.2, 0) is 17.1 Å². The van der Waals surface area contributed by atoms with Gasteiger partial charge in [0.25, 0.3) is 6.43 Å². The van der Waals surface area contributed by atoms with E-state index in [9.17, 15) is 17.2 Å². The minimum absolute atomic E-state index is 0.0632. The SMILES string of the molecule is Cn1nc(-c2ccc(S(N)(=O)=O)cc2)c(-c2ccncc2)c1C(F)F. The maximum Gasteiger partial charge on any atom is 0.280 e. The van der Waals surface area contributed by atoms with Crippen molar-refractivity contribution in [2.45, 2.75) is 11.3 Å². The van der Waals surface area contributed by atoms with E-state index in [2.05, 4.69) is 10.1 Å². The highest BCUT2D eigenvalue weighted by molar-refractivity contribution is 7.89. The monoisotopic (exact) mass is 364 g/mol. The lowest BCUT2D eigenvalue weighted by atomic mass is 10.00. The highest BCUT2D eigenvalue weighted by atomic mass is 32.2. The quantitative estimate of drug-likeness (QED) is 0.771. The van der Waals surface area contributed by atoms with Gasteiger partial charge in [0, 0.05) is 30.6 Å². The normalized spacial score (nSPS) is 11.9. The van der Waals surface area contributed by atoms with Crippen molar-refractivity contribution in [3.8, 4) is 22.4 Å². The first-order chi connectivity index (χ1) is 11.8. The first kappa shape index (κ1) is 17.2. The molecule has 130 valence electrons. The van der Waals surface area contributed by atoms with Crippen LogP contribution in [0.2, 0.25) is 0 Å². The number of hydrogen-bond donors (Lipinski definition) is 1. The number of aryl methyl sites for hydroxylation is 1. The molecular weight excluding hydrogens is 350 g/mol. The van der Waals surface area contributed by atoms with Crippen LogP contribution in [0.25, 0.3) is 22.4 Å². The third kappa shape index (κ3) is 3.28. The molecule has 0 radical (unpaired) electrons. The van der Waals surface area contributed by atoms with Crippen molar-refractivity contribution in [3.05, 3.63) is 54.5 Å². The van der Waals surface area contributed by atoms with E-state index in [1.807, 2.05) is 0 Å². The van der Waals surface area contributed by atoms with Crippen molar-refractivity contribution in [3.63, 3.8) is 0 Å². The third-order valence-corrected chi connectivity index (χ3v) is 4.65. The summed E-state index contributed by atoms with van der Waals surface area (Å²) >= 11 is 0. The Hall–Kier alpha value is -2.65. The maximum atomic E-state index is 13.6. The van der Waals surface area contributed by atoms with E-state index in [1.165, 1.54) is 43.7 Å². The summed E-state index contributed by atoms with van der Waals surface area (Å²) in [6.45, 7) is 0. The Balaban J connectivity index is 2.22. The van der Waals surface area contributed by atoms with Crippen LogP contribution in [0.4, 0.5) is 8.78 Å². The number of aromatic nitrogens is 3. The summed E-state index contributed by atoms with van der Waals surface area (Å²) in [6, 6.07) is 8.84. The summed E-state index contributed by atoms with van der Waals surface area (Å²) in [7, 11) is -2.40. The fourth-order valence-corrected chi connectivity index (χ4v) is 3.11. The smallest absolute Gasteiger partial charge is 0.266 e. The van der Waals surface area contributed by atoms with Gasteiger partial charge in [0.05, 0.1) is 4.90 Å². The highest BCUT2D eigenvalue weighted by Gasteiger charge is 2.25. The number of halogens is 2. The molecule has 6 nitrogen and oxygen atoms in total. The number of primary sulfonamides is 1. The van der Waals surface area contributed by atoms with Crippen LogP contribution in [0.1, 0.15) is 12.1 Å². The number of nitrogens with zero attached hydrogens (tertiary/aromatic N) is 3. The van der Waals surface area contributed by atoms with Gasteiger partial charge in [0.2, 0.25) is 10.0 Å². The summed E-state index contributed by atoms with van der Waals surface area (Å²) < 4.78 is 51.0. The summed E-state index contributed by atoms with van der Waals surface area (Å²) in [5, 5.41) is 9.29. The minimum atomic E-state index is -3.83. The molecule has 2 N–H and O–H groups in total. The average molecular weight is 364 g/mol. The first-order valence-electron chi connectivity index (χ1n) is 7.17. The molecule has 0 aliphatic heterocycles. The predicted octanol–water partition coefficient (Wildman–Crippen LogP) is 2.73. The number of benzene rings is 1. The molecule has 0 aliphatic rings. The van der Waals surface area contributed by atoms with Gasteiger partial charge in [-0.25, -0.2) is 22.3 Å². The molecule has 0 bridgehead atoms. The molecule has 25 heavy (non-hydrogen) atoms. The van der Waals surface area contributed by atoms with Gasteiger partial charge < -0.3 is 0 Å². The van der Waals surface area contributed by atoms with Crippen LogP contribution in [0.15, 0.2) is 53.7 Å². The van der Waals surface area contributed by atoms with E-state index < -0.39 is 16.4 Å². The zero-order valence-corrected chi connectivity index (χ0v) is 13.9. The van der Waals surface area contributed by atoms with Crippen molar-refractivity contribution < 1.29 is 17.2 Å². The Kier molecular flexibility index (Phi) is 4.36. The molecular formula is C16H14F2N4O2S. The lowest BCUT2D eigenvalue weighted by Crippen LogP contribution is -2.11. The van der Waals surface area contributed by atoms with E-state index in [0.29, 0.717) is 16.8 Å². The van der Waals surface area contributed by atoms with E-state index in [-0.39, 0.29) is 16.2 Å². The standard InChI is InChI=1S/C16H14F2N4O2S/c1-22-15(16(17)18)13(10-6-8-20-9-7-10)14(21-22)11-2-4-12(5-3-11)25(19,23)24/h2-9,16H,1H3,(H2,19,23,24). The van der Waals surface area contributed by atoms with Crippen molar-refractivity contribution in [2.75, 3.05) is 0 Å². The fraction of sp³-hybridized carbons (Fsp3) is 0.125. The first-order valence-corrected chi connectivity index (χ1v) is 8.72. The number of sulfonamides is 1. The van der Waals surface area contributed by atoms with Crippen molar-refractivity contribution in [1.29, 1.82) is 0 Å². The molecule has 0 fully saturated rings. The lowest BCUT2D eigenvalue weighted by molar-refractivity contribution is 0.141. The second kappa shape index (κ2) is 6.34. The van der Waals surface area contributed by atoms with Gasteiger partial charge in [-0.15, -0.1) is 0 Å². The highest BCUT2D eigenvalue weighted by Crippen LogP contribution is 2.38. The molecule has 0 aliphatic carbocycles. The number of nitrogens with two attached hydrogens (primary N) is 1. The molecule has 0 spiro atoms.